The molecule has 0 N–H and O–H groups in total. The average molecular weight is 384 g/mol. The summed E-state index contributed by atoms with van der Waals surface area (Å²) in [4.78, 5) is 12.5. The van der Waals surface area contributed by atoms with E-state index in [0.717, 1.165) is 63.8 Å². The van der Waals surface area contributed by atoms with Crippen molar-refractivity contribution in [1.82, 2.24) is 19.5 Å². The van der Waals surface area contributed by atoms with E-state index < -0.39 is 0 Å². The number of ether oxygens (including phenoxy) is 1. The molecule has 0 radical (unpaired) electrons. The smallest absolute Gasteiger partial charge is 0.156 e. The number of pyridine rings is 1. The lowest BCUT2D eigenvalue weighted by Crippen LogP contribution is -2.36. The lowest BCUT2D eigenvalue weighted by Gasteiger charge is -2.28. The van der Waals surface area contributed by atoms with Crippen LogP contribution in [0.25, 0.3) is 5.65 Å². The summed E-state index contributed by atoms with van der Waals surface area (Å²) in [5.41, 5.74) is 2.14. The molecule has 0 saturated carbocycles. The van der Waals surface area contributed by atoms with Crippen LogP contribution in [-0.4, -0.2) is 58.9 Å². The van der Waals surface area contributed by atoms with Crippen molar-refractivity contribution in [2.45, 2.75) is 25.8 Å². The zero-order valence-corrected chi connectivity index (χ0v) is 16.5. The van der Waals surface area contributed by atoms with Crippen molar-refractivity contribution >= 4 is 22.7 Å². The molecule has 2 fully saturated rings. The fourth-order valence-electron chi connectivity index (χ4n) is 4.05. The molecule has 27 heavy (non-hydrogen) atoms. The molecule has 0 amide bonds. The standard InChI is InChI=1S/C20H25N5OS/c1-15-2-4-18(27-15)14-23-7-6-16(12-23)20-21-19-5-3-17(13-25(19)22-20)24-8-10-26-11-9-24/h2-5,13,16H,6-12,14H2,1H3/t16-/m0/s1. The highest BCUT2D eigenvalue weighted by Crippen LogP contribution is 2.28. The number of likely N-dealkylation sites (tertiary alicyclic amines) is 1. The summed E-state index contributed by atoms with van der Waals surface area (Å²) in [6, 6.07) is 8.70. The fraction of sp³-hybridized carbons (Fsp3) is 0.500. The van der Waals surface area contributed by atoms with Gasteiger partial charge in [0.05, 0.1) is 25.1 Å². The van der Waals surface area contributed by atoms with Gasteiger partial charge in [0.15, 0.2) is 11.5 Å². The third-order valence-corrected chi connectivity index (χ3v) is 6.51. The highest BCUT2D eigenvalue weighted by molar-refractivity contribution is 7.11. The van der Waals surface area contributed by atoms with Crippen LogP contribution >= 0.6 is 11.3 Å². The molecule has 5 rings (SSSR count). The number of aromatic nitrogens is 3. The van der Waals surface area contributed by atoms with E-state index in [1.165, 1.54) is 15.4 Å². The summed E-state index contributed by atoms with van der Waals surface area (Å²) in [5, 5.41) is 4.82. The maximum atomic E-state index is 5.45. The van der Waals surface area contributed by atoms with Gasteiger partial charge in [0.2, 0.25) is 0 Å². The number of hydrogen-bond acceptors (Lipinski definition) is 6. The van der Waals surface area contributed by atoms with E-state index in [2.05, 4.69) is 47.2 Å². The highest BCUT2D eigenvalue weighted by atomic mass is 32.1. The molecule has 7 heteroatoms. The second-order valence-corrected chi connectivity index (χ2v) is 8.87. The molecule has 2 saturated heterocycles. The Bertz CT molecular complexity index is 929. The summed E-state index contributed by atoms with van der Waals surface area (Å²) in [5.74, 6) is 1.41. The van der Waals surface area contributed by atoms with Crippen LogP contribution in [0, 0.1) is 6.92 Å². The number of anilines is 1. The molecule has 0 aromatic carbocycles. The maximum absolute atomic E-state index is 5.45. The van der Waals surface area contributed by atoms with Crippen molar-refractivity contribution in [3.63, 3.8) is 0 Å². The van der Waals surface area contributed by atoms with Crippen LogP contribution in [0.15, 0.2) is 30.5 Å². The normalized spacial score (nSPS) is 21.4. The van der Waals surface area contributed by atoms with Crippen molar-refractivity contribution in [3.05, 3.63) is 46.0 Å². The van der Waals surface area contributed by atoms with Crippen molar-refractivity contribution in [2.75, 3.05) is 44.3 Å². The van der Waals surface area contributed by atoms with Gasteiger partial charge in [0, 0.05) is 41.9 Å². The van der Waals surface area contributed by atoms with Crippen molar-refractivity contribution in [1.29, 1.82) is 0 Å². The molecule has 3 aromatic heterocycles. The molecular formula is C20H25N5OS. The molecule has 1 atom stereocenters. The Kier molecular flexibility index (Phi) is 4.59. The van der Waals surface area contributed by atoms with Gasteiger partial charge in [0.25, 0.3) is 0 Å². The molecule has 0 spiro atoms. The highest BCUT2D eigenvalue weighted by Gasteiger charge is 2.27. The second-order valence-electron chi connectivity index (χ2n) is 7.49. The van der Waals surface area contributed by atoms with Gasteiger partial charge in [-0.15, -0.1) is 11.3 Å². The van der Waals surface area contributed by atoms with Gasteiger partial charge in [0.1, 0.15) is 0 Å². The van der Waals surface area contributed by atoms with E-state index in [1.54, 1.807) is 0 Å². The van der Waals surface area contributed by atoms with Crippen LogP contribution in [0.1, 0.15) is 27.9 Å². The van der Waals surface area contributed by atoms with Crippen LogP contribution in [0.4, 0.5) is 5.69 Å². The summed E-state index contributed by atoms with van der Waals surface area (Å²) in [6.45, 7) is 8.85. The lowest BCUT2D eigenvalue weighted by molar-refractivity contribution is 0.122. The first-order valence-electron chi connectivity index (χ1n) is 9.71. The average Bonchev–Trinajstić information content (AvgIpc) is 3.41. The van der Waals surface area contributed by atoms with Gasteiger partial charge in [-0.3, -0.25) is 4.90 Å². The molecule has 0 bridgehead atoms. The summed E-state index contributed by atoms with van der Waals surface area (Å²) in [6.07, 6.45) is 3.25. The van der Waals surface area contributed by atoms with Gasteiger partial charge in [-0.1, -0.05) is 0 Å². The number of rotatable bonds is 4. The van der Waals surface area contributed by atoms with E-state index in [1.807, 2.05) is 15.9 Å². The Balaban J connectivity index is 1.30. The van der Waals surface area contributed by atoms with E-state index in [4.69, 9.17) is 14.8 Å². The Morgan fingerprint density at radius 3 is 2.85 bits per heavy atom. The number of nitrogens with zero attached hydrogens (tertiary/aromatic N) is 5. The van der Waals surface area contributed by atoms with Gasteiger partial charge in [-0.25, -0.2) is 9.50 Å². The molecule has 0 aliphatic carbocycles. The minimum Gasteiger partial charge on any atom is -0.378 e. The SMILES string of the molecule is Cc1ccc(CN2CC[C@H](c3nc4ccc(N5CCOCC5)cn4n3)C2)s1. The van der Waals surface area contributed by atoms with Crippen LogP contribution in [0.2, 0.25) is 0 Å². The lowest BCUT2D eigenvalue weighted by atomic mass is 10.1. The molecule has 6 nitrogen and oxygen atoms in total. The van der Waals surface area contributed by atoms with Crippen LogP contribution < -0.4 is 4.90 Å². The van der Waals surface area contributed by atoms with Gasteiger partial charge < -0.3 is 9.64 Å². The van der Waals surface area contributed by atoms with Gasteiger partial charge in [-0.05, 0) is 44.2 Å². The Morgan fingerprint density at radius 1 is 1.15 bits per heavy atom. The maximum Gasteiger partial charge on any atom is 0.156 e. The van der Waals surface area contributed by atoms with Gasteiger partial charge >= 0.3 is 0 Å². The minimum atomic E-state index is 0.429. The number of aryl methyl sites for hydroxylation is 1. The molecule has 3 aromatic rings. The summed E-state index contributed by atoms with van der Waals surface area (Å²) in [7, 11) is 0. The predicted molar refractivity (Wildman–Crippen MR) is 108 cm³/mol. The van der Waals surface area contributed by atoms with E-state index in [0.29, 0.717) is 5.92 Å². The Morgan fingerprint density at radius 2 is 2.04 bits per heavy atom. The van der Waals surface area contributed by atoms with Crippen molar-refractivity contribution in [3.8, 4) is 0 Å². The third-order valence-electron chi connectivity index (χ3n) is 5.52. The topological polar surface area (TPSA) is 45.9 Å². The number of fused-ring (bicyclic) bond motifs is 1. The molecule has 5 heterocycles. The zero-order chi connectivity index (χ0) is 18.2. The Hall–Kier alpha value is -1.96. The quantitative estimate of drug-likeness (QED) is 0.693. The molecule has 0 unspecified atom stereocenters. The molecule has 2 aliphatic rings. The Labute approximate surface area is 163 Å². The van der Waals surface area contributed by atoms with E-state index >= 15 is 0 Å². The van der Waals surface area contributed by atoms with Crippen LogP contribution in [0.3, 0.4) is 0 Å². The number of hydrogen-bond donors (Lipinski definition) is 0. The molecule has 142 valence electrons. The number of thiophene rings is 1. The first-order valence-corrected chi connectivity index (χ1v) is 10.5. The summed E-state index contributed by atoms with van der Waals surface area (Å²) >= 11 is 1.90. The van der Waals surface area contributed by atoms with Crippen LogP contribution in [-0.2, 0) is 11.3 Å². The monoisotopic (exact) mass is 383 g/mol. The third kappa shape index (κ3) is 3.59. The van der Waals surface area contributed by atoms with Crippen molar-refractivity contribution < 1.29 is 4.74 Å². The minimum absolute atomic E-state index is 0.429. The van der Waals surface area contributed by atoms with E-state index in [9.17, 15) is 0 Å². The van der Waals surface area contributed by atoms with E-state index in [-0.39, 0.29) is 0 Å². The second kappa shape index (κ2) is 7.22. The zero-order valence-electron chi connectivity index (χ0n) is 15.7. The van der Waals surface area contributed by atoms with Gasteiger partial charge in [-0.2, -0.15) is 5.10 Å². The number of morpholine rings is 1. The predicted octanol–water partition coefficient (Wildman–Crippen LogP) is 2.93. The first-order chi connectivity index (χ1) is 13.2. The molecular weight excluding hydrogens is 358 g/mol. The van der Waals surface area contributed by atoms with Crippen LogP contribution in [0.5, 0.6) is 0 Å². The first kappa shape index (κ1) is 17.2. The summed E-state index contributed by atoms with van der Waals surface area (Å²) < 4.78 is 7.40. The molecule has 2 aliphatic heterocycles. The fourth-order valence-corrected chi connectivity index (χ4v) is 4.98. The van der Waals surface area contributed by atoms with Crippen molar-refractivity contribution in [2.24, 2.45) is 0 Å². The largest absolute Gasteiger partial charge is 0.378 e.